The van der Waals surface area contributed by atoms with Crippen LogP contribution in [0.5, 0.6) is 5.75 Å². The summed E-state index contributed by atoms with van der Waals surface area (Å²) in [4.78, 5) is 23.6. The molecule has 3 rings (SSSR count). The fourth-order valence-corrected chi connectivity index (χ4v) is 2.74. The molecule has 5 nitrogen and oxygen atoms in total. The van der Waals surface area contributed by atoms with Crippen molar-refractivity contribution in [1.29, 1.82) is 0 Å². The predicted molar refractivity (Wildman–Crippen MR) is 87.0 cm³/mol. The largest absolute Gasteiger partial charge is 0.507 e. The van der Waals surface area contributed by atoms with Crippen LogP contribution in [-0.4, -0.2) is 20.7 Å². The van der Waals surface area contributed by atoms with Crippen LogP contribution in [0.2, 0.25) is 0 Å². The molecule has 0 fully saturated rings. The zero-order valence-corrected chi connectivity index (χ0v) is 13.1. The first-order valence-corrected chi connectivity index (χ1v) is 7.31. The Morgan fingerprint density at radius 2 is 1.84 bits per heavy atom. The number of carbonyl (C=O) groups is 1. The lowest BCUT2D eigenvalue weighted by atomic mass is 10.0. The van der Waals surface area contributed by atoms with E-state index < -0.39 is 23.2 Å². The smallest absolute Gasteiger partial charge is 0.335 e. The van der Waals surface area contributed by atoms with Crippen molar-refractivity contribution in [3.8, 4) is 5.75 Å². The topological polar surface area (TPSA) is 79.5 Å². The Labute approximate surface area is 140 Å². The molecule has 0 saturated carbocycles. The number of aryl methyl sites for hydroxylation is 1. The molecule has 0 aliphatic heterocycles. The molecule has 0 aliphatic rings. The lowest BCUT2D eigenvalue weighted by Crippen LogP contribution is -2.22. The number of nitrogens with zero attached hydrogens (tertiary/aromatic N) is 1. The second kappa shape index (κ2) is 6.01. The van der Waals surface area contributed by atoms with Crippen molar-refractivity contribution in [3.05, 3.63) is 75.1 Å². The molecule has 1 heterocycles. The zero-order valence-electron chi connectivity index (χ0n) is 13.1. The van der Waals surface area contributed by atoms with Crippen molar-refractivity contribution in [3.63, 3.8) is 0 Å². The number of carboxylic acid groups (broad SMARTS) is 1. The summed E-state index contributed by atoms with van der Waals surface area (Å²) in [5.41, 5.74) is 0.100. The number of aromatic hydroxyl groups is 1. The number of aromatic nitrogens is 1. The number of carboxylic acids is 1. The summed E-state index contributed by atoms with van der Waals surface area (Å²) in [6.07, 6.45) is -0.122. The summed E-state index contributed by atoms with van der Waals surface area (Å²) in [7, 11) is 1.49. The highest BCUT2D eigenvalue weighted by Gasteiger charge is 2.17. The van der Waals surface area contributed by atoms with Crippen molar-refractivity contribution >= 4 is 16.9 Å². The van der Waals surface area contributed by atoms with Gasteiger partial charge in [-0.2, -0.15) is 0 Å². The van der Waals surface area contributed by atoms with Crippen LogP contribution in [0, 0.1) is 11.6 Å². The lowest BCUT2D eigenvalue weighted by Gasteiger charge is -2.12. The second-order valence-electron chi connectivity index (χ2n) is 5.65. The molecule has 1 aromatic heterocycles. The van der Waals surface area contributed by atoms with E-state index in [4.69, 9.17) is 5.11 Å². The van der Waals surface area contributed by atoms with Crippen molar-refractivity contribution in [2.24, 2.45) is 7.05 Å². The van der Waals surface area contributed by atoms with Crippen molar-refractivity contribution in [2.75, 3.05) is 0 Å². The zero-order chi connectivity index (χ0) is 18.3. The van der Waals surface area contributed by atoms with Gasteiger partial charge in [-0.1, -0.05) is 6.07 Å². The van der Waals surface area contributed by atoms with E-state index in [0.29, 0.717) is 11.1 Å². The van der Waals surface area contributed by atoms with Gasteiger partial charge < -0.3 is 14.8 Å². The van der Waals surface area contributed by atoms with Crippen LogP contribution in [0.1, 0.15) is 21.5 Å². The fraction of sp³-hybridized carbons (Fsp3) is 0.111. The molecule has 0 atom stereocenters. The van der Waals surface area contributed by atoms with Crippen molar-refractivity contribution in [2.45, 2.75) is 6.42 Å². The van der Waals surface area contributed by atoms with E-state index in [0.717, 1.165) is 12.1 Å². The maximum Gasteiger partial charge on any atom is 0.335 e. The van der Waals surface area contributed by atoms with Gasteiger partial charge in [-0.25, -0.2) is 13.6 Å². The van der Waals surface area contributed by atoms with Crippen LogP contribution < -0.4 is 5.56 Å². The molecule has 0 unspecified atom stereocenters. The van der Waals surface area contributed by atoms with Gasteiger partial charge in [0.2, 0.25) is 0 Å². The number of hydrogen-bond acceptors (Lipinski definition) is 3. The second-order valence-corrected chi connectivity index (χ2v) is 5.65. The van der Waals surface area contributed by atoms with E-state index in [1.54, 1.807) is 0 Å². The summed E-state index contributed by atoms with van der Waals surface area (Å²) < 4.78 is 27.7. The van der Waals surface area contributed by atoms with E-state index in [1.165, 1.54) is 35.9 Å². The highest BCUT2D eigenvalue weighted by molar-refractivity contribution is 5.95. The molecule has 25 heavy (non-hydrogen) atoms. The SMILES string of the molecule is Cn1c(=O)c(Cc2ccc(F)c(F)c2)c(O)c2cc(C(=O)O)ccc21. The molecule has 128 valence electrons. The van der Waals surface area contributed by atoms with E-state index in [-0.39, 0.29) is 28.7 Å². The van der Waals surface area contributed by atoms with Crippen LogP contribution in [0.4, 0.5) is 8.78 Å². The third-order valence-electron chi connectivity index (χ3n) is 4.07. The molecule has 0 spiro atoms. The Hall–Kier alpha value is -3.22. The number of halogens is 2. The van der Waals surface area contributed by atoms with Crippen LogP contribution in [0.25, 0.3) is 10.9 Å². The fourth-order valence-electron chi connectivity index (χ4n) is 2.74. The number of fused-ring (bicyclic) bond motifs is 1. The third kappa shape index (κ3) is 2.84. The van der Waals surface area contributed by atoms with E-state index >= 15 is 0 Å². The minimum absolute atomic E-state index is 0.0245. The minimum atomic E-state index is -1.17. The van der Waals surface area contributed by atoms with Crippen molar-refractivity contribution < 1.29 is 23.8 Å². The summed E-state index contributed by atoms with van der Waals surface area (Å²) in [5.74, 6) is -3.60. The van der Waals surface area contributed by atoms with Gasteiger partial charge >= 0.3 is 5.97 Å². The van der Waals surface area contributed by atoms with Crippen LogP contribution in [0.3, 0.4) is 0 Å². The van der Waals surface area contributed by atoms with E-state index in [2.05, 4.69) is 0 Å². The van der Waals surface area contributed by atoms with Crippen LogP contribution in [0.15, 0.2) is 41.2 Å². The van der Waals surface area contributed by atoms with Gasteiger partial charge in [-0.3, -0.25) is 4.79 Å². The molecular weight excluding hydrogens is 332 g/mol. The number of pyridine rings is 1. The minimum Gasteiger partial charge on any atom is -0.507 e. The van der Waals surface area contributed by atoms with Gasteiger partial charge in [0.25, 0.3) is 5.56 Å². The molecule has 0 bridgehead atoms. The van der Waals surface area contributed by atoms with Gasteiger partial charge in [-0.15, -0.1) is 0 Å². The van der Waals surface area contributed by atoms with Crippen LogP contribution >= 0.6 is 0 Å². The van der Waals surface area contributed by atoms with Gasteiger partial charge in [0.15, 0.2) is 11.6 Å². The molecule has 0 saturated heterocycles. The summed E-state index contributed by atoms with van der Waals surface area (Å²) >= 11 is 0. The summed E-state index contributed by atoms with van der Waals surface area (Å²) in [5, 5.41) is 19.8. The van der Waals surface area contributed by atoms with Gasteiger partial charge in [-0.05, 0) is 35.9 Å². The molecule has 2 aromatic carbocycles. The van der Waals surface area contributed by atoms with Gasteiger partial charge in [0, 0.05) is 18.9 Å². The quantitative estimate of drug-likeness (QED) is 0.765. The van der Waals surface area contributed by atoms with Gasteiger partial charge in [0.05, 0.1) is 16.6 Å². The standard InChI is InChI=1S/C18H13F2NO4/c1-21-15-5-3-10(18(24)25)8-11(15)16(22)12(17(21)23)6-9-2-4-13(19)14(20)7-9/h2-5,7-8,22H,6H2,1H3,(H,24,25). The average Bonchev–Trinajstić information content (AvgIpc) is 2.59. The Morgan fingerprint density at radius 1 is 1.12 bits per heavy atom. The normalized spacial score (nSPS) is 11.0. The molecule has 0 radical (unpaired) electrons. The maximum absolute atomic E-state index is 13.4. The molecule has 7 heteroatoms. The number of rotatable bonds is 3. The molecule has 0 amide bonds. The number of hydrogen-bond donors (Lipinski definition) is 2. The maximum atomic E-state index is 13.4. The highest BCUT2D eigenvalue weighted by Crippen LogP contribution is 2.28. The monoisotopic (exact) mass is 345 g/mol. The Bertz CT molecular complexity index is 1070. The van der Waals surface area contributed by atoms with E-state index in [1.807, 2.05) is 0 Å². The third-order valence-corrected chi connectivity index (χ3v) is 4.07. The molecule has 3 aromatic rings. The Balaban J connectivity index is 2.21. The summed E-state index contributed by atoms with van der Waals surface area (Å²) in [6.45, 7) is 0. The first kappa shape index (κ1) is 16.6. The number of aromatic carboxylic acids is 1. The number of benzene rings is 2. The first-order chi connectivity index (χ1) is 11.8. The summed E-state index contributed by atoms with van der Waals surface area (Å²) in [6, 6.07) is 7.23. The molecule has 0 aliphatic carbocycles. The van der Waals surface area contributed by atoms with Gasteiger partial charge in [0.1, 0.15) is 5.75 Å². The molecule has 2 N–H and O–H groups in total. The Morgan fingerprint density at radius 3 is 2.48 bits per heavy atom. The predicted octanol–water partition coefficient (Wildman–Crippen LogP) is 2.81. The Kier molecular flexibility index (Phi) is 4.00. The van der Waals surface area contributed by atoms with E-state index in [9.17, 15) is 23.5 Å². The highest BCUT2D eigenvalue weighted by atomic mass is 19.2. The molecular formula is C18H13F2NO4. The van der Waals surface area contributed by atoms with Crippen LogP contribution in [-0.2, 0) is 13.5 Å². The first-order valence-electron chi connectivity index (χ1n) is 7.31. The average molecular weight is 345 g/mol. The lowest BCUT2D eigenvalue weighted by molar-refractivity contribution is 0.0697. The van der Waals surface area contributed by atoms with Crippen molar-refractivity contribution in [1.82, 2.24) is 4.57 Å².